The zero-order valence-electron chi connectivity index (χ0n) is 47.0. The van der Waals surface area contributed by atoms with Gasteiger partial charge in [0, 0.05) is 76.2 Å². The van der Waals surface area contributed by atoms with Crippen LogP contribution in [0.1, 0.15) is 0 Å². The molecule has 13 aromatic carbocycles. The maximum Gasteiger partial charge on any atom is 0.143 e. The molecular formula is C79H56BrIN2O3-2. The van der Waals surface area contributed by atoms with Gasteiger partial charge in [0.2, 0.25) is 0 Å². The van der Waals surface area contributed by atoms with Crippen molar-refractivity contribution in [3.8, 4) is 55.6 Å². The van der Waals surface area contributed by atoms with Gasteiger partial charge in [0.1, 0.15) is 33.5 Å². The molecule has 16 aromatic rings. The molecule has 0 spiro atoms. The third-order valence-electron chi connectivity index (χ3n) is 15.5. The average Bonchev–Trinajstić information content (AvgIpc) is 2.34. The van der Waals surface area contributed by atoms with Crippen molar-refractivity contribution in [1.29, 1.82) is 0 Å². The first-order valence-corrected chi connectivity index (χ1v) is 28.8. The van der Waals surface area contributed by atoms with E-state index in [1.807, 2.05) is 84.9 Å². The van der Waals surface area contributed by atoms with Gasteiger partial charge in [-0.15, -0.1) is 0 Å². The molecule has 2 N–H and O–H groups in total. The first kappa shape index (κ1) is 56.5. The number of furan rings is 3. The lowest BCUT2D eigenvalue weighted by Gasteiger charge is -2.26. The molecule has 86 heavy (non-hydrogen) atoms. The number of nitrogens with two attached hydrogens (primary N) is 1. The highest BCUT2D eigenvalue weighted by atomic mass is 127. The van der Waals surface area contributed by atoms with Crippen LogP contribution in [0.25, 0.3) is 121 Å². The van der Waals surface area contributed by atoms with Crippen molar-refractivity contribution >= 4 is 104 Å². The van der Waals surface area contributed by atoms with Gasteiger partial charge in [0.05, 0.1) is 0 Å². The van der Waals surface area contributed by atoms with E-state index < -0.39 is 0 Å². The quantitative estimate of drug-likeness (QED) is 0.0933. The molecule has 0 saturated carbocycles. The number of anilines is 4. The molecule has 3 aromatic heterocycles. The lowest BCUT2D eigenvalue weighted by molar-refractivity contribution is -0.0000172. The van der Waals surface area contributed by atoms with E-state index in [-0.39, 0.29) is 31.4 Å². The summed E-state index contributed by atoms with van der Waals surface area (Å²) in [7, 11) is 0. The molecule has 0 unspecified atom stereocenters. The Kier molecular flexibility index (Phi) is 16.5. The molecule has 0 amide bonds. The number of nitrogens with zero attached hydrogens (tertiary/aromatic N) is 1. The highest BCUT2D eigenvalue weighted by molar-refractivity contribution is 9.10. The summed E-state index contributed by atoms with van der Waals surface area (Å²) < 4.78 is 19.9. The number of hydrogen-bond acceptors (Lipinski definition) is 5. The maximum absolute atomic E-state index is 6.38. The highest BCUT2D eigenvalue weighted by Crippen LogP contribution is 2.42. The van der Waals surface area contributed by atoms with E-state index in [9.17, 15) is 0 Å². The average molecular weight is 1290 g/mol. The molecule has 0 radical (unpaired) electrons. The topological polar surface area (TPSA) is 68.7 Å². The summed E-state index contributed by atoms with van der Waals surface area (Å²) in [4.78, 5) is 2.31. The van der Waals surface area contributed by atoms with Crippen LogP contribution >= 0.6 is 15.9 Å². The van der Waals surface area contributed by atoms with Crippen molar-refractivity contribution in [3.63, 3.8) is 0 Å². The maximum atomic E-state index is 6.38. The Balaban J connectivity index is 0.000000168. The summed E-state index contributed by atoms with van der Waals surface area (Å²) in [5.41, 5.74) is 26.6. The van der Waals surface area contributed by atoms with Crippen LogP contribution < -0.4 is 34.6 Å². The Morgan fingerprint density at radius 1 is 0.256 bits per heavy atom. The second-order valence-corrected chi connectivity index (χ2v) is 21.6. The van der Waals surface area contributed by atoms with Gasteiger partial charge in [-0.1, -0.05) is 246 Å². The van der Waals surface area contributed by atoms with Gasteiger partial charge >= 0.3 is 0 Å². The number of nitrogen functional groups attached to an aromatic ring is 1. The van der Waals surface area contributed by atoms with E-state index in [2.05, 4.69) is 245 Å². The van der Waals surface area contributed by atoms with Crippen LogP contribution in [0.3, 0.4) is 0 Å². The minimum atomic E-state index is 0. The predicted molar refractivity (Wildman–Crippen MR) is 362 cm³/mol. The van der Waals surface area contributed by atoms with E-state index in [1.54, 1.807) is 0 Å². The summed E-state index contributed by atoms with van der Waals surface area (Å²) in [6.07, 6.45) is 0. The standard InChI is InChI=1S/C48H31NO2.C18H11BrO.C12H11N.CH3.HI/c1-2-10-32(11-3-1)33-20-26-36(27-21-33)49(37-28-22-34(23-29-37)39-14-8-16-43-41-12-4-6-18-45(41)50-47(39)43)38-30-24-35(25-31-38)40-15-9-17-44-42-13-5-7-19-46(42)51-48(40)44;19-13-10-8-12(9-11-13)14-5-3-6-16-15-4-1-2-7-17(15)20-18(14)16;13-12-8-6-11(7-9-12)10-4-2-1-3-5-10;;/h1-31H;1-11H;1-9H,13H2;1H3;1H/q;;;-1;/p-1. The minimum Gasteiger partial charge on any atom is -1.00 e. The molecule has 7 heteroatoms. The third kappa shape index (κ3) is 11.3. The van der Waals surface area contributed by atoms with Crippen molar-refractivity contribution < 1.29 is 37.2 Å². The molecule has 0 aliphatic heterocycles. The lowest BCUT2D eigenvalue weighted by atomic mass is 10.0. The molecule has 0 fully saturated rings. The van der Waals surface area contributed by atoms with Gasteiger partial charge in [-0.05, 0) is 118 Å². The largest absolute Gasteiger partial charge is 1.00 e. The Hall–Kier alpha value is -9.93. The number of benzene rings is 13. The SMILES string of the molecule is Brc1ccc(-c2cccc3c2oc2ccccc23)cc1.Nc1ccc(-c2ccccc2)cc1.[CH3-].[I-].c1ccc(-c2ccc(N(c3ccc(-c4cccc5c4oc4ccccc45)cc3)c3ccc(-c4cccc5c4oc4ccccc45)cc3)cc2)cc1. The number of halogens is 2. The highest BCUT2D eigenvalue weighted by Gasteiger charge is 2.18. The van der Waals surface area contributed by atoms with Crippen molar-refractivity contribution in [1.82, 2.24) is 0 Å². The van der Waals surface area contributed by atoms with Crippen LogP contribution in [0, 0.1) is 7.43 Å². The molecular weight excluding hydrogens is 1230 g/mol. The molecule has 5 nitrogen and oxygen atoms in total. The van der Waals surface area contributed by atoms with Gasteiger partial charge in [0.15, 0.2) is 0 Å². The monoisotopic (exact) mass is 1290 g/mol. The Bertz CT molecular complexity index is 4780. The minimum absolute atomic E-state index is 0. The van der Waals surface area contributed by atoms with Crippen LogP contribution in [-0.4, -0.2) is 0 Å². The zero-order valence-corrected chi connectivity index (χ0v) is 50.7. The third-order valence-corrected chi connectivity index (χ3v) is 16.0. The smallest absolute Gasteiger partial charge is 0.143 e. The van der Waals surface area contributed by atoms with Crippen molar-refractivity contribution in [2.24, 2.45) is 0 Å². The summed E-state index contributed by atoms with van der Waals surface area (Å²) in [6, 6.07) is 107. The van der Waals surface area contributed by atoms with Gasteiger partial charge in [0.25, 0.3) is 0 Å². The first-order chi connectivity index (χ1) is 41.5. The van der Waals surface area contributed by atoms with E-state index in [4.69, 9.17) is 19.0 Å². The molecule has 0 bridgehead atoms. The van der Waals surface area contributed by atoms with Crippen molar-refractivity contribution in [2.75, 3.05) is 10.6 Å². The van der Waals surface area contributed by atoms with Gasteiger partial charge < -0.3 is 55.3 Å². The molecule has 416 valence electrons. The van der Waals surface area contributed by atoms with Gasteiger partial charge in [-0.25, -0.2) is 0 Å². The second kappa shape index (κ2) is 25.1. The number of fused-ring (bicyclic) bond motifs is 9. The van der Waals surface area contributed by atoms with Crippen molar-refractivity contribution in [3.05, 3.63) is 321 Å². The first-order valence-electron chi connectivity index (χ1n) is 28.0. The predicted octanol–water partition coefficient (Wildman–Crippen LogP) is 20.4. The Labute approximate surface area is 525 Å². The van der Waals surface area contributed by atoms with E-state index in [0.717, 1.165) is 116 Å². The molecule has 16 rings (SSSR count). The zero-order chi connectivity index (χ0) is 56.3. The number of hydrogen-bond donors (Lipinski definition) is 1. The van der Waals surface area contributed by atoms with E-state index in [1.165, 1.54) is 33.0 Å². The molecule has 0 aliphatic rings. The molecule has 0 atom stereocenters. The normalized spacial score (nSPS) is 10.9. The number of rotatable bonds is 8. The molecule has 0 aliphatic carbocycles. The molecule has 0 saturated heterocycles. The van der Waals surface area contributed by atoms with E-state index >= 15 is 0 Å². The fourth-order valence-corrected chi connectivity index (χ4v) is 11.6. The second-order valence-electron chi connectivity index (χ2n) is 20.7. The molecule has 3 heterocycles. The van der Waals surface area contributed by atoms with Crippen LogP contribution in [0.5, 0.6) is 0 Å². The van der Waals surface area contributed by atoms with Crippen LogP contribution in [0.15, 0.2) is 327 Å². The number of para-hydroxylation sites is 6. The van der Waals surface area contributed by atoms with E-state index in [0.29, 0.717) is 0 Å². The van der Waals surface area contributed by atoms with Gasteiger partial charge in [-0.2, -0.15) is 0 Å². The Morgan fingerprint density at radius 2 is 0.523 bits per heavy atom. The fourth-order valence-electron chi connectivity index (χ4n) is 11.3. The summed E-state index contributed by atoms with van der Waals surface area (Å²) in [5, 5.41) is 6.87. The van der Waals surface area contributed by atoms with Crippen LogP contribution in [-0.2, 0) is 0 Å². The summed E-state index contributed by atoms with van der Waals surface area (Å²) in [5.74, 6) is 0. The van der Waals surface area contributed by atoms with Gasteiger partial charge in [-0.3, -0.25) is 0 Å². The van der Waals surface area contributed by atoms with Crippen LogP contribution in [0.2, 0.25) is 0 Å². The lowest BCUT2D eigenvalue weighted by Crippen LogP contribution is -3.00. The summed E-state index contributed by atoms with van der Waals surface area (Å²) in [6.45, 7) is 0. The van der Waals surface area contributed by atoms with Crippen LogP contribution in [0.4, 0.5) is 22.7 Å². The Morgan fingerprint density at radius 3 is 0.872 bits per heavy atom. The summed E-state index contributed by atoms with van der Waals surface area (Å²) >= 11 is 3.47. The van der Waals surface area contributed by atoms with Crippen molar-refractivity contribution in [2.45, 2.75) is 0 Å². The fraction of sp³-hybridized carbons (Fsp3) is 0.